The number of nitrogens with one attached hydrogen (secondary N) is 2. The third kappa shape index (κ3) is 5.25. The van der Waals surface area contributed by atoms with Gasteiger partial charge in [0, 0.05) is 10.6 Å². The van der Waals surface area contributed by atoms with Crippen LogP contribution in [0.4, 0.5) is 15.8 Å². The van der Waals surface area contributed by atoms with Crippen molar-refractivity contribution in [3.63, 3.8) is 0 Å². The molecule has 1 amide bonds. The molecule has 0 heterocycles. The Hall–Kier alpha value is -3.30. The van der Waals surface area contributed by atoms with Gasteiger partial charge in [-0.05, 0) is 42.5 Å². The first-order valence-corrected chi connectivity index (χ1v) is 10.8. The highest BCUT2D eigenvalue weighted by Crippen LogP contribution is 2.30. The fraction of sp³-hybridized carbons (Fsp3) is 0.0952. The average molecular weight is 465 g/mol. The molecule has 0 saturated carbocycles. The second-order valence-corrected chi connectivity index (χ2v) is 8.50. The second-order valence-electron chi connectivity index (χ2n) is 6.41. The average Bonchev–Trinajstić information content (AvgIpc) is 2.72. The van der Waals surface area contributed by atoms with Crippen molar-refractivity contribution in [1.82, 2.24) is 0 Å². The molecule has 10 heteroatoms. The summed E-state index contributed by atoms with van der Waals surface area (Å²) in [5.41, 5.74) is 0.0565. The molecule has 3 aromatic carbocycles. The molecule has 3 rings (SSSR count). The van der Waals surface area contributed by atoms with E-state index in [0.29, 0.717) is 5.75 Å². The van der Waals surface area contributed by atoms with Crippen LogP contribution in [0.5, 0.6) is 11.5 Å². The summed E-state index contributed by atoms with van der Waals surface area (Å²) in [4.78, 5) is 12.1. The van der Waals surface area contributed by atoms with Gasteiger partial charge in [-0.25, -0.2) is 12.8 Å². The zero-order valence-electron chi connectivity index (χ0n) is 16.2. The number of rotatable bonds is 7. The summed E-state index contributed by atoms with van der Waals surface area (Å²) >= 11 is 5.93. The van der Waals surface area contributed by atoms with Gasteiger partial charge in [0.25, 0.3) is 10.0 Å². The van der Waals surface area contributed by atoms with Crippen LogP contribution in [0, 0.1) is 5.82 Å². The van der Waals surface area contributed by atoms with E-state index in [4.69, 9.17) is 16.3 Å². The summed E-state index contributed by atoms with van der Waals surface area (Å²) in [6.45, 7) is 0. The van der Waals surface area contributed by atoms with Gasteiger partial charge in [0.15, 0.2) is 0 Å². The summed E-state index contributed by atoms with van der Waals surface area (Å²) in [5.74, 6) is -1.37. The number of anilines is 2. The molecule has 0 aliphatic carbocycles. The number of halogens is 2. The maximum absolute atomic E-state index is 13.9. The van der Waals surface area contributed by atoms with E-state index < -0.39 is 28.2 Å². The highest BCUT2D eigenvalue weighted by Gasteiger charge is 2.20. The molecule has 0 unspecified atom stereocenters. The topological polar surface area (TPSA) is 105 Å². The Morgan fingerprint density at radius 1 is 1.10 bits per heavy atom. The number of carbonyl (C=O) groups excluding carboxylic acids is 1. The Balaban J connectivity index is 1.83. The Labute approximate surface area is 183 Å². The molecule has 0 atom stereocenters. The number of phenolic OH excluding ortho intramolecular Hbond substituents is 1. The number of methoxy groups -OCH3 is 1. The van der Waals surface area contributed by atoms with Crippen LogP contribution in [0.15, 0.2) is 65.6 Å². The molecule has 0 radical (unpaired) electrons. The van der Waals surface area contributed by atoms with Gasteiger partial charge >= 0.3 is 0 Å². The fourth-order valence-corrected chi connectivity index (χ4v) is 4.10. The van der Waals surface area contributed by atoms with E-state index >= 15 is 0 Å². The van der Waals surface area contributed by atoms with Crippen LogP contribution in [0.1, 0.15) is 5.56 Å². The number of benzene rings is 3. The lowest BCUT2D eigenvalue weighted by Crippen LogP contribution is -2.17. The standard InChI is InChI=1S/C21H18ClFN2O5S/c1-30-20-8-3-2-7-17(20)25-31(28,29)13-9-10-19(26)18(11-13)24-21(27)12-14-15(22)5-4-6-16(14)23/h2-11,25-26H,12H2,1H3,(H,24,27). The van der Waals surface area contributed by atoms with E-state index in [-0.39, 0.29) is 32.6 Å². The van der Waals surface area contributed by atoms with Crippen molar-refractivity contribution >= 4 is 38.9 Å². The molecular weight excluding hydrogens is 447 g/mol. The fourth-order valence-electron chi connectivity index (χ4n) is 2.77. The van der Waals surface area contributed by atoms with E-state index in [2.05, 4.69) is 10.0 Å². The molecule has 0 aromatic heterocycles. The molecule has 162 valence electrons. The van der Waals surface area contributed by atoms with Crippen molar-refractivity contribution in [2.24, 2.45) is 0 Å². The van der Waals surface area contributed by atoms with Crippen LogP contribution in [-0.2, 0) is 21.2 Å². The number of phenols is 1. The minimum absolute atomic E-state index is 0.0113. The summed E-state index contributed by atoms with van der Waals surface area (Å²) in [6, 6.07) is 13.9. The predicted molar refractivity (Wildman–Crippen MR) is 116 cm³/mol. The lowest BCUT2D eigenvalue weighted by Gasteiger charge is -2.13. The number of amides is 1. The van der Waals surface area contributed by atoms with Crippen molar-refractivity contribution in [2.45, 2.75) is 11.3 Å². The van der Waals surface area contributed by atoms with Crippen molar-refractivity contribution in [3.8, 4) is 11.5 Å². The minimum atomic E-state index is -4.07. The maximum Gasteiger partial charge on any atom is 0.262 e. The third-order valence-corrected chi connectivity index (χ3v) is 6.02. The van der Waals surface area contributed by atoms with Crippen molar-refractivity contribution in [1.29, 1.82) is 0 Å². The van der Waals surface area contributed by atoms with Crippen LogP contribution in [0.3, 0.4) is 0 Å². The van der Waals surface area contributed by atoms with Gasteiger partial charge < -0.3 is 15.2 Å². The van der Waals surface area contributed by atoms with Crippen molar-refractivity contribution in [3.05, 3.63) is 77.1 Å². The summed E-state index contributed by atoms with van der Waals surface area (Å²) < 4.78 is 47.0. The van der Waals surface area contributed by atoms with E-state index in [1.54, 1.807) is 18.2 Å². The smallest absolute Gasteiger partial charge is 0.262 e. The zero-order chi connectivity index (χ0) is 22.6. The van der Waals surface area contributed by atoms with Gasteiger partial charge in [0.05, 0.1) is 29.8 Å². The number of sulfonamides is 1. The number of para-hydroxylation sites is 2. The van der Waals surface area contributed by atoms with Gasteiger partial charge in [-0.1, -0.05) is 29.8 Å². The Bertz CT molecular complexity index is 1210. The minimum Gasteiger partial charge on any atom is -0.506 e. The zero-order valence-corrected chi connectivity index (χ0v) is 17.8. The Morgan fingerprint density at radius 2 is 1.84 bits per heavy atom. The van der Waals surface area contributed by atoms with Crippen LogP contribution in [0.2, 0.25) is 5.02 Å². The predicted octanol–water partition coefficient (Wildman–Crippen LogP) is 4.18. The van der Waals surface area contributed by atoms with Crippen LogP contribution in [-0.4, -0.2) is 26.5 Å². The molecule has 7 nitrogen and oxygen atoms in total. The first-order valence-electron chi connectivity index (χ1n) is 8.93. The van der Waals surface area contributed by atoms with E-state index in [9.17, 15) is 22.7 Å². The summed E-state index contributed by atoms with van der Waals surface area (Å²) in [7, 11) is -2.66. The molecule has 3 aromatic rings. The SMILES string of the molecule is COc1ccccc1NS(=O)(=O)c1ccc(O)c(NC(=O)Cc2c(F)cccc2Cl)c1. The lowest BCUT2D eigenvalue weighted by atomic mass is 10.1. The van der Waals surface area contributed by atoms with Crippen molar-refractivity contribution in [2.75, 3.05) is 17.1 Å². The van der Waals surface area contributed by atoms with Gasteiger partial charge in [-0.15, -0.1) is 0 Å². The van der Waals surface area contributed by atoms with Crippen molar-refractivity contribution < 1.29 is 27.4 Å². The number of aromatic hydroxyl groups is 1. The number of ether oxygens (including phenoxy) is 1. The number of hydrogen-bond donors (Lipinski definition) is 3. The Kier molecular flexibility index (Phi) is 6.67. The Morgan fingerprint density at radius 3 is 2.55 bits per heavy atom. The maximum atomic E-state index is 13.9. The molecule has 0 bridgehead atoms. The van der Waals surface area contributed by atoms with Gasteiger partial charge in [0.1, 0.15) is 17.3 Å². The second kappa shape index (κ2) is 9.23. The normalized spacial score (nSPS) is 11.1. The molecule has 31 heavy (non-hydrogen) atoms. The molecule has 0 aliphatic rings. The highest BCUT2D eigenvalue weighted by molar-refractivity contribution is 7.92. The molecular formula is C21H18ClFN2O5S. The first kappa shape index (κ1) is 22.4. The van der Waals surface area contributed by atoms with E-state index in [1.165, 1.54) is 37.4 Å². The molecule has 0 aliphatic heterocycles. The van der Waals surface area contributed by atoms with Crippen LogP contribution < -0.4 is 14.8 Å². The molecule has 0 spiro atoms. The summed E-state index contributed by atoms with van der Waals surface area (Å²) in [5, 5.41) is 12.5. The highest BCUT2D eigenvalue weighted by atomic mass is 35.5. The van der Waals surface area contributed by atoms with Gasteiger partial charge in [0.2, 0.25) is 5.91 Å². The number of hydrogen-bond acceptors (Lipinski definition) is 5. The van der Waals surface area contributed by atoms with E-state index in [1.807, 2.05) is 0 Å². The first-order chi connectivity index (χ1) is 14.7. The van der Waals surface area contributed by atoms with E-state index in [0.717, 1.165) is 12.1 Å². The summed E-state index contributed by atoms with van der Waals surface area (Å²) in [6.07, 6.45) is -0.401. The largest absolute Gasteiger partial charge is 0.506 e. The molecule has 0 fully saturated rings. The molecule has 3 N–H and O–H groups in total. The number of carbonyl (C=O) groups is 1. The lowest BCUT2D eigenvalue weighted by molar-refractivity contribution is -0.115. The quantitative estimate of drug-likeness (QED) is 0.455. The third-order valence-electron chi connectivity index (χ3n) is 4.30. The monoisotopic (exact) mass is 464 g/mol. The van der Waals surface area contributed by atoms with Gasteiger partial charge in [-0.3, -0.25) is 9.52 Å². The van der Waals surface area contributed by atoms with Gasteiger partial charge in [-0.2, -0.15) is 0 Å². The molecule has 0 saturated heterocycles. The van der Waals surface area contributed by atoms with Crippen LogP contribution in [0.25, 0.3) is 0 Å². The van der Waals surface area contributed by atoms with Crippen LogP contribution >= 0.6 is 11.6 Å².